The molecule has 0 heterocycles. The second-order valence-electron chi connectivity index (χ2n) is 3.66. The van der Waals surface area contributed by atoms with Crippen LogP contribution in [-0.2, 0) is 0 Å². The molecule has 0 aliphatic heterocycles. The Morgan fingerprint density at radius 3 is 2.50 bits per heavy atom. The number of oxime groups is 1. The predicted molar refractivity (Wildman–Crippen MR) is 56.0 cm³/mol. The van der Waals surface area contributed by atoms with Crippen LogP contribution in [0.3, 0.4) is 0 Å². The molecular weight excluding hydrogens is 178 g/mol. The molecule has 3 heteroatoms. The Morgan fingerprint density at radius 1 is 1.36 bits per heavy atom. The van der Waals surface area contributed by atoms with Crippen molar-refractivity contribution >= 4 is 5.71 Å². The van der Waals surface area contributed by atoms with Crippen molar-refractivity contribution in [3.63, 3.8) is 0 Å². The minimum atomic E-state index is 0.0766. The molecule has 1 aromatic rings. The summed E-state index contributed by atoms with van der Waals surface area (Å²) in [5.41, 5.74) is 2.13. The van der Waals surface area contributed by atoms with Gasteiger partial charge in [0.1, 0.15) is 5.75 Å². The summed E-state index contributed by atoms with van der Waals surface area (Å²) >= 11 is 0. The van der Waals surface area contributed by atoms with Crippen LogP contribution >= 0.6 is 0 Å². The zero-order valence-electron chi connectivity index (χ0n) is 8.65. The Kier molecular flexibility index (Phi) is 3.12. The molecule has 1 aromatic carbocycles. The van der Waals surface area contributed by atoms with Gasteiger partial charge in [0.25, 0.3) is 0 Å². The molecule has 3 nitrogen and oxygen atoms in total. The smallest absolute Gasteiger partial charge is 0.124 e. The lowest BCUT2D eigenvalue weighted by Gasteiger charge is -2.10. The van der Waals surface area contributed by atoms with Crippen molar-refractivity contribution < 1.29 is 10.3 Å². The summed E-state index contributed by atoms with van der Waals surface area (Å²) in [6.07, 6.45) is 0. The summed E-state index contributed by atoms with van der Waals surface area (Å²) in [7, 11) is 0. The molecule has 76 valence electrons. The lowest BCUT2D eigenvalue weighted by molar-refractivity contribution is 0.316. The van der Waals surface area contributed by atoms with Gasteiger partial charge in [0.15, 0.2) is 0 Å². The first kappa shape index (κ1) is 10.6. The number of rotatable bonds is 2. The molecule has 0 atom stereocenters. The lowest BCUT2D eigenvalue weighted by atomic mass is 9.98. The molecule has 0 fully saturated rings. The summed E-state index contributed by atoms with van der Waals surface area (Å²) in [6, 6.07) is 5.23. The maximum Gasteiger partial charge on any atom is 0.124 e. The van der Waals surface area contributed by atoms with Gasteiger partial charge in [-0.05, 0) is 25.0 Å². The normalized spacial score (nSPS) is 12.1. The van der Waals surface area contributed by atoms with Crippen molar-refractivity contribution in [2.24, 2.45) is 11.1 Å². The van der Waals surface area contributed by atoms with Gasteiger partial charge >= 0.3 is 0 Å². The third kappa shape index (κ3) is 2.05. The maximum absolute atomic E-state index is 9.59. The summed E-state index contributed by atoms with van der Waals surface area (Å²) < 4.78 is 0. The Bertz CT molecular complexity index is 356. The van der Waals surface area contributed by atoms with E-state index in [4.69, 9.17) is 5.21 Å². The lowest BCUT2D eigenvalue weighted by Crippen LogP contribution is -2.09. The van der Waals surface area contributed by atoms with E-state index in [0.717, 1.165) is 5.56 Å². The average molecular weight is 193 g/mol. The van der Waals surface area contributed by atoms with Crippen molar-refractivity contribution in [3.05, 3.63) is 29.3 Å². The van der Waals surface area contributed by atoms with Gasteiger partial charge in [-0.25, -0.2) is 0 Å². The van der Waals surface area contributed by atoms with E-state index in [2.05, 4.69) is 5.16 Å². The highest BCUT2D eigenvalue weighted by atomic mass is 16.4. The van der Waals surface area contributed by atoms with Gasteiger partial charge in [-0.15, -0.1) is 0 Å². The minimum Gasteiger partial charge on any atom is -0.507 e. The van der Waals surface area contributed by atoms with Crippen LogP contribution in [0.25, 0.3) is 0 Å². The first-order chi connectivity index (χ1) is 6.56. The highest BCUT2D eigenvalue weighted by Crippen LogP contribution is 2.22. The van der Waals surface area contributed by atoms with E-state index in [1.54, 1.807) is 6.07 Å². The van der Waals surface area contributed by atoms with Gasteiger partial charge < -0.3 is 10.3 Å². The fourth-order valence-electron chi connectivity index (χ4n) is 1.34. The van der Waals surface area contributed by atoms with Crippen LogP contribution in [0.1, 0.15) is 25.0 Å². The first-order valence-electron chi connectivity index (χ1n) is 4.58. The molecule has 0 aliphatic carbocycles. The second-order valence-corrected chi connectivity index (χ2v) is 3.66. The van der Waals surface area contributed by atoms with Gasteiger partial charge in [-0.3, -0.25) is 0 Å². The fraction of sp³-hybridized carbons (Fsp3) is 0.364. The number of nitrogens with zero attached hydrogens (tertiary/aromatic N) is 1. The number of hydrogen-bond acceptors (Lipinski definition) is 3. The van der Waals surface area contributed by atoms with Gasteiger partial charge in [0.05, 0.1) is 5.71 Å². The number of aromatic hydroxyl groups is 1. The predicted octanol–water partition coefficient (Wildman–Crippen LogP) is 2.53. The molecule has 0 unspecified atom stereocenters. The van der Waals surface area contributed by atoms with Crippen molar-refractivity contribution in [1.82, 2.24) is 0 Å². The summed E-state index contributed by atoms with van der Waals surface area (Å²) in [6.45, 7) is 5.76. The number of phenolic OH excluding ortho intramolecular Hbond substituents is 1. The van der Waals surface area contributed by atoms with E-state index in [1.807, 2.05) is 32.9 Å². The Hall–Kier alpha value is -1.51. The number of aryl methyl sites for hydroxylation is 1. The highest BCUT2D eigenvalue weighted by Gasteiger charge is 2.13. The molecule has 0 amide bonds. The summed E-state index contributed by atoms with van der Waals surface area (Å²) in [5.74, 6) is 0.227. The van der Waals surface area contributed by atoms with Crippen molar-refractivity contribution in [2.75, 3.05) is 0 Å². The Labute approximate surface area is 83.7 Å². The first-order valence-corrected chi connectivity index (χ1v) is 4.58. The molecule has 0 spiro atoms. The molecular formula is C11H15NO2. The van der Waals surface area contributed by atoms with Crippen molar-refractivity contribution in [1.29, 1.82) is 0 Å². The quantitative estimate of drug-likeness (QED) is 0.431. The van der Waals surface area contributed by atoms with Gasteiger partial charge in [0.2, 0.25) is 0 Å². The van der Waals surface area contributed by atoms with Crippen LogP contribution in [0, 0.1) is 12.8 Å². The topological polar surface area (TPSA) is 52.8 Å². The molecule has 0 bridgehead atoms. The van der Waals surface area contributed by atoms with E-state index in [-0.39, 0.29) is 11.7 Å². The van der Waals surface area contributed by atoms with Crippen molar-refractivity contribution in [2.45, 2.75) is 20.8 Å². The molecule has 0 radical (unpaired) electrons. The Balaban J connectivity index is 3.23. The fourth-order valence-corrected chi connectivity index (χ4v) is 1.34. The average Bonchev–Trinajstić information content (AvgIpc) is 2.11. The number of hydrogen-bond donors (Lipinski definition) is 2. The summed E-state index contributed by atoms with van der Waals surface area (Å²) in [5, 5.41) is 21.7. The van der Waals surface area contributed by atoms with E-state index in [1.165, 1.54) is 0 Å². The molecule has 14 heavy (non-hydrogen) atoms. The number of benzene rings is 1. The zero-order chi connectivity index (χ0) is 10.7. The van der Waals surface area contributed by atoms with Crippen LogP contribution in [0.5, 0.6) is 5.75 Å². The van der Waals surface area contributed by atoms with E-state index in [9.17, 15) is 5.11 Å². The maximum atomic E-state index is 9.59. The molecule has 0 saturated carbocycles. The van der Waals surface area contributed by atoms with Crippen LogP contribution in [0.4, 0.5) is 0 Å². The van der Waals surface area contributed by atoms with Gasteiger partial charge in [0, 0.05) is 5.56 Å². The van der Waals surface area contributed by atoms with E-state index < -0.39 is 0 Å². The largest absolute Gasteiger partial charge is 0.507 e. The second kappa shape index (κ2) is 4.13. The third-order valence-electron chi connectivity index (χ3n) is 2.08. The minimum absolute atomic E-state index is 0.0766. The Morgan fingerprint density at radius 2 is 2.00 bits per heavy atom. The van der Waals surface area contributed by atoms with Crippen LogP contribution in [-0.4, -0.2) is 16.0 Å². The highest BCUT2D eigenvalue weighted by molar-refractivity contribution is 6.03. The molecule has 0 aromatic heterocycles. The number of phenols is 1. The van der Waals surface area contributed by atoms with Gasteiger partial charge in [-0.2, -0.15) is 0 Å². The summed E-state index contributed by atoms with van der Waals surface area (Å²) in [4.78, 5) is 0. The van der Waals surface area contributed by atoms with E-state index in [0.29, 0.717) is 11.3 Å². The standard InChI is InChI=1S/C11H15NO2/c1-7(2)11(12-14)9-6-8(3)4-5-10(9)13/h4-7,13-14H,1-3H3/b12-11-. The van der Waals surface area contributed by atoms with Crippen LogP contribution < -0.4 is 0 Å². The zero-order valence-corrected chi connectivity index (χ0v) is 8.65. The molecule has 0 saturated heterocycles. The van der Waals surface area contributed by atoms with Gasteiger partial charge in [-0.1, -0.05) is 30.6 Å². The van der Waals surface area contributed by atoms with E-state index >= 15 is 0 Å². The van der Waals surface area contributed by atoms with Crippen molar-refractivity contribution in [3.8, 4) is 5.75 Å². The monoisotopic (exact) mass is 193 g/mol. The molecule has 2 N–H and O–H groups in total. The van der Waals surface area contributed by atoms with Crippen LogP contribution in [0.2, 0.25) is 0 Å². The van der Waals surface area contributed by atoms with Crippen LogP contribution in [0.15, 0.2) is 23.4 Å². The third-order valence-corrected chi connectivity index (χ3v) is 2.08. The molecule has 1 rings (SSSR count). The SMILES string of the molecule is Cc1ccc(O)c(/C(=N\O)C(C)C)c1. The molecule has 0 aliphatic rings.